The summed E-state index contributed by atoms with van der Waals surface area (Å²) >= 11 is 5.80. The summed E-state index contributed by atoms with van der Waals surface area (Å²) in [6.07, 6.45) is -0.121. The minimum atomic E-state index is -0.929. The van der Waals surface area contributed by atoms with Crippen molar-refractivity contribution in [2.24, 2.45) is 5.73 Å². The lowest BCUT2D eigenvalue weighted by molar-refractivity contribution is -0.137. The maximum absolute atomic E-state index is 10.7. The Labute approximate surface area is 121 Å². The Bertz CT molecular complexity index is 598. The van der Waals surface area contributed by atoms with E-state index in [1.165, 1.54) is 0 Å². The summed E-state index contributed by atoms with van der Waals surface area (Å²) in [5.41, 5.74) is 6.55. The van der Waals surface area contributed by atoms with E-state index in [-0.39, 0.29) is 6.42 Å². The zero-order valence-corrected chi connectivity index (χ0v) is 11.4. The van der Waals surface area contributed by atoms with E-state index >= 15 is 0 Å². The van der Waals surface area contributed by atoms with Crippen molar-refractivity contribution in [1.29, 1.82) is 0 Å². The molecule has 104 valence electrons. The van der Waals surface area contributed by atoms with Crippen LogP contribution in [0.25, 0.3) is 0 Å². The third kappa shape index (κ3) is 3.98. The van der Waals surface area contributed by atoms with Crippen LogP contribution in [0, 0.1) is 0 Å². The number of hydrogen-bond donors (Lipinski definition) is 2. The molecule has 3 N–H and O–H groups in total. The van der Waals surface area contributed by atoms with Gasteiger partial charge in [-0.2, -0.15) is 0 Å². The summed E-state index contributed by atoms with van der Waals surface area (Å²) in [5, 5.41) is 9.39. The van der Waals surface area contributed by atoms with Crippen molar-refractivity contribution in [3.05, 3.63) is 59.1 Å². The van der Waals surface area contributed by atoms with Crippen LogP contribution in [-0.2, 0) is 4.79 Å². The van der Waals surface area contributed by atoms with Gasteiger partial charge in [0.15, 0.2) is 0 Å². The fourth-order valence-electron chi connectivity index (χ4n) is 1.75. The minimum absolute atomic E-state index is 0.121. The summed E-state index contributed by atoms with van der Waals surface area (Å²) in [6.45, 7) is 0. The average Bonchev–Trinajstić information content (AvgIpc) is 2.41. The molecule has 0 saturated carbocycles. The number of hydrogen-bond acceptors (Lipinski definition) is 3. The number of benzene rings is 2. The van der Waals surface area contributed by atoms with E-state index in [4.69, 9.17) is 27.2 Å². The Morgan fingerprint density at radius 3 is 2.55 bits per heavy atom. The van der Waals surface area contributed by atoms with Crippen LogP contribution in [0.1, 0.15) is 18.0 Å². The first-order chi connectivity index (χ1) is 9.54. The Balaban J connectivity index is 2.13. The molecule has 0 spiro atoms. The molecule has 0 unspecified atom stereocenters. The Morgan fingerprint density at radius 1 is 1.20 bits per heavy atom. The normalized spacial score (nSPS) is 11.9. The van der Waals surface area contributed by atoms with Gasteiger partial charge in [-0.25, -0.2) is 0 Å². The second-order valence-electron chi connectivity index (χ2n) is 4.33. The molecule has 5 heteroatoms. The second-order valence-corrected chi connectivity index (χ2v) is 4.77. The van der Waals surface area contributed by atoms with Crippen molar-refractivity contribution in [1.82, 2.24) is 0 Å². The number of carbonyl (C=O) groups is 1. The number of carboxylic acid groups (broad SMARTS) is 1. The second kappa shape index (κ2) is 6.41. The van der Waals surface area contributed by atoms with Gasteiger partial charge in [0.1, 0.15) is 11.5 Å². The predicted octanol–water partition coefficient (Wildman–Crippen LogP) is 3.61. The molecule has 0 heterocycles. The molecule has 2 aromatic carbocycles. The fourth-order valence-corrected chi connectivity index (χ4v) is 1.88. The topological polar surface area (TPSA) is 72.6 Å². The van der Waals surface area contributed by atoms with Crippen LogP contribution >= 0.6 is 11.6 Å². The van der Waals surface area contributed by atoms with Gasteiger partial charge in [0.05, 0.1) is 6.42 Å². The van der Waals surface area contributed by atoms with Gasteiger partial charge in [0.2, 0.25) is 0 Å². The number of ether oxygens (including phenoxy) is 1. The first kappa shape index (κ1) is 14.4. The molecule has 0 aliphatic rings. The predicted molar refractivity (Wildman–Crippen MR) is 77.1 cm³/mol. The van der Waals surface area contributed by atoms with E-state index in [1.54, 1.807) is 48.5 Å². The standard InChI is InChI=1S/C15H14ClNO3/c16-11-4-6-12(7-5-11)20-13-3-1-2-10(8-13)14(17)9-15(18)19/h1-8,14H,9,17H2,(H,18,19)/t14-/m0/s1. The molecule has 0 saturated heterocycles. The van der Waals surface area contributed by atoms with Crippen LogP contribution in [-0.4, -0.2) is 11.1 Å². The molecule has 20 heavy (non-hydrogen) atoms. The van der Waals surface area contributed by atoms with Gasteiger partial charge in [0.25, 0.3) is 0 Å². The van der Waals surface area contributed by atoms with Crippen LogP contribution in [0.15, 0.2) is 48.5 Å². The van der Waals surface area contributed by atoms with E-state index < -0.39 is 12.0 Å². The van der Waals surface area contributed by atoms with Crippen LogP contribution in [0.5, 0.6) is 11.5 Å². The van der Waals surface area contributed by atoms with Gasteiger partial charge in [-0.3, -0.25) is 4.79 Å². The highest BCUT2D eigenvalue weighted by atomic mass is 35.5. The Kier molecular flexibility index (Phi) is 4.61. The summed E-state index contributed by atoms with van der Waals surface area (Å²) < 4.78 is 5.67. The number of halogens is 1. The average molecular weight is 292 g/mol. The summed E-state index contributed by atoms with van der Waals surface area (Å²) in [4.78, 5) is 10.7. The Morgan fingerprint density at radius 2 is 1.90 bits per heavy atom. The largest absolute Gasteiger partial charge is 0.481 e. The molecule has 0 aromatic heterocycles. The first-order valence-corrected chi connectivity index (χ1v) is 6.43. The van der Waals surface area contributed by atoms with Crippen molar-refractivity contribution < 1.29 is 14.6 Å². The van der Waals surface area contributed by atoms with Crippen LogP contribution in [0.2, 0.25) is 5.02 Å². The molecule has 0 amide bonds. The lowest BCUT2D eigenvalue weighted by Crippen LogP contribution is -2.14. The van der Waals surface area contributed by atoms with Gasteiger partial charge in [-0.1, -0.05) is 23.7 Å². The summed E-state index contributed by atoms with van der Waals surface area (Å²) in [5.74, 6) is 0.325. The highest BCUT2D eigenvalue weighted by Gasteiger charge is 2.11. The monoisotopic (exact) mass is 291 g/mol. The molecule has 0 bridgehead atoms. The van der Waals surface area contributed by atoms with Gasteiger partial charge in [-0.05, 0) is 42.0 Å². The zero-order chi connectivity index (χ0) is 14.5. The van der Waals surface area contributed by atoms with Gasteiger partial charge in [-0.15, -0.1) is 0 Å². The molecule has 2 rings (SSSR count). The molecule has 0 aliphatic carbocycles. The molecule has 2 aromatic rings. The SMILES string of the molecule is N[C@@H](CC(=O)O)c1cccc(Oc2ccc(Cl)cc2)c1. The molecule has 0 radical (unpaired) electrons. The highest BCUT2D eigenvalue weighted by molar-refractivity contribution is 6.30. The van der Waals surface area contributed by atoms with Gasteiger partial charge < -0.3 is 15.6 Å². The number of carboxylic acids is 1. The van der Waals surface area contributed by atoms with Gasteiger partial charge in [0, 0.05) is 11.1 Å². The van der Waals surface area contributed by atoms with Gasteiger partial charge >= 0.3 is 5.97 Å². The van der Waals surface area contributed by atoms with Crippen molar-refractivity contribution in [2.45, 2.75) is 12.5 Å². The maximum atomic E-state index is 10.7. The maximum Gasteiger partial charge on any atom is 0.305 e. The molecule has 1 atom stereocenters. The molecule has 4 nitrogen and oxygen atoms in total. The third-order valence-corrected chi connectivity index (χ3v) is 2.98. The third-order valence-electron chi connectivity index (χ3n) is 2.73. The Hall–Kier alpha value is -2.04. The van der Waals surface area contributed by atoms with Crippen LogP contribution in [0.3, 0.4) is 0 Å². The molecular weight excluding hydrogens is 278 g/mol. The smallest absolute Gasteiger partial charge is 0.305 e. The lowest BCUT2D eigenvalue weighted by Gasteiger charge is -2.12. The van der Waals surface area contributed by atoms with Crippen molar-refractivity contribution >= 4 is 17.6 Å². The van der Waals surface area contributed by atoms with E-state index in [0.717, 1.165) is 5.56 Å². The molecule has 0 fully saturated rings. The van der Waals surface area contributed by atoms with E-state index in [1.807, 2.05) is 0 Å². The van der Waals surface area contributed by atoms with Crippen LogP contribution < -0.4 is 10.5 Å². The number of nitrogens with two attached hydrogens (primary N) is 1. The number of aliphatic carboxylic acids is 1. The van der Waals surface area contributed by atoms with Crippen molar-refractivity contribution in [3.63, 3.8) is 0 Å². The summed E-state index contributed by atoms with van der Waals surface area (Å²) in [7, 11) is 0. The first-order valence-electron chi connectivity index (χ1n) is 6.05. The van der Waals surface area contributed by atoms with E-state index in [2.05, 4.69) is 0 Å². The molecular formula is C15H14ClNO3. The minimum Gasteiger partial charge on any atom is -0.481 e. The summed E-state index contributed by atoms with van der Waals surface area (Å²) in [6, 6.07) is 13.5. The number of rotatable bonds is 5. The zero-order valence-electron chi connectivity index (χ0n) is 10.6. The van der Waals surface area contributed by atoms with Crippen molar-refractivity contribution in [2.75, 3.05) is 0 Å². The lowest BCUT2D eigenvalue weighted by atomic mass is 10.0. The van der Waals surface area contributed by atoms with Crippen LogP contribution in [0.4, 0.5) is 0 Å². The van der Waals surface area contributed by atoms with Crippen molar-refractivity contribution in [3.8, 4) is 11.5 Å². The van der Waals surface area contributed by atoms with E-state index in [0.29, 0.717) is 16.5 Å². The fraction of sp³-hybridized carbons (Fsp3) is 0.133. The van der Waals surface area contributed by atoms with E-state index in [9.17, 15) is 4.79 Å². The molecule has 0 aliphatic heterocycles. The quantitative estimate of drug-likeness (QED) is 0.882. The highest BCUT2D eigenvalue weighted by Crippen LogP contribution is 2.25.